The number of hydrogen-bond donors (Lipinski definition) is 1. The summed E-state index contributed by atoms with van der Waals surface area (Å²) in [6, 6.07) is 9.63. The minimum Gasteiger partial charge on any atom is -0.459 e. The summed E-state index contributed by atoms with van der Waals surface area (Å²) in [4.78, 5) is 25.5. The zero-order valence-electron chi connectivity index (χ0n) is 14.5. The Morgan fingerprint density at radius 2 is 1.70 bits per heavy atom. The smallest absolute Gasteiger partial charge is 0.322 e. The van der Waals surface area contributed by atoms with E-state index in [0.29, 0.717) is 12.8 Å². The van der Waals surface area contributed by atoms with Gasteiger partial charge >= 0.3 is 5.97 Å². The van der Waals surface area contributed by atoms with E-state index in [0.717, 1.165) is 18.4 Å². The van der Waals surface area contributed by atoms with Gasteiger partial charge in [-0.3, -0.25) is 9.59 Å². The lowest BCUT2D eigenvalue weighted by atomic mass is 9.84. The van der Waals surface area contributed by atoms with Gasteiger partial charge in [0.15, 0.2) is 0 Å². The average molecular weight is 317 g/mol. The number of carbonyl (C=O) groups excluding carboxylic acids is 2. The van der Waals surface area contributed by atoms with Gasteiger partial charge in [0.2, 0.25) is 5.91 Å². The van der Waals surface area contributed by atoms with Crippen molar-refractivity contribution in [3.63, 3.8) is 0 Å². The van der Waals surface area contributed by atoms with E-state index < -0.39 is 11.0 Å². The second-order valence-corrected chi connectivity index (χ2v) is 7.40. The molecule has 0 aromatic heterocycles. The van der Waals surface area contributed by atoms with Gasteiger partial charge in [0.1, 0.15) is 11.0 Å². The van der Waals surface area contributed by atoms with Gasteiger partial charge in [-0.1, -0.05) is 43.2 Å². The topological polar surface area (TPSA) is 55.4 Å². The first-order chi connectivity index (χ1) is 10.7. The zero-order chi connectivity index (χ0) is 17.1. The minimum absolute atomic E-state index is 0.136. The first kappa shape index (κ1) is 17.5. The molecule has 2 rings (SSSR count). The van der Waals surface area contributed by atoms with Crippen LogP contribution in [0.5, 0.6) is 0 Å². The van der Waals surface area contributed by atoms with Crippen molar-refractivity contribution in [1.82, 2.24) is 5.32 Å². The van der Waals surface area contributed by atoms with Gasteiger partial charge in [-0.25, -0.2) is 0 Å². The number of rotatable bonds is 4. The number of ether oxygens (including phenoxy) is 1. The third kappa shape index (κ3) is 4.12. The first-order valence-corrected chi connectivity index (χ1v) is 8.34. The number of benzene rings is 1. The molecule has 0 aliphatic heterocycles. The van der Waals surface area contributed by atoms with Crippen LogP contribution in [0.15, 0.2) is 30.3 Å². The molecule has 1 aliphatic rings. The molecule has 4 nitrogen and oxygen atoms in total. The van der Waals surface area contributed by atoms with Gasteiger partial charge in [0.05, 0.1) is 6.04 Å². The fraction of sp³-hybridized carbons (Fsp3) is 0.579. The molecule has 1 amide bonds. The van der Waals surface area contributed by atoms with Crippen LogP contribution in [0.3, 0.4) is 0 Å². The normalized spacial score (nSPS) is 18.3. The molecule has 1 aromatic rings. The molecule has 0 bridgehead atoms. The highest BCUT2D eigenvalue weighted by Crippen LogP contribution is 2.41. The largest absolute Gasteiger partial charge is 0.459 e. The van der Waals surface area contributed by atoms with Crippen molar-refractivity contribution in [3.8, 4) is 0 Å². The maximum Gasteiger partial charge on any atom is 0.322 e. The predicted octanol–water partition coefficient (Wildman–Crippen LogP) is 3.77. The van der Waals surface area contributed by atoms with Gasteiger partial charge < -0.3 is 10.1 Å². The molecule has 1 fully saturated rings. The highest BCUT2D eigenvalue weighted by Gasteiger charge is 2.50. The minimum atomic E-state index is -1.03. The van der Waals surface area contributed by atoms with Crippen LogP contribution in [0.1, 0.15) is 65.0 Å². The number of hydrogen-bond acceptors (Lipinski definition) is 3. The van der Waals surface area contributed by atoms with E-state index in [-0.39, 0.29) is 17.9 Å². The number of carbonyl (C=O) groups is 2. The summed E-state index contributed by atoms with van der Waals surface area (Å²) in [5.74, 6) is -0.596. The molecule has 0 saturated heterocycles. The molecule has 1 unspecified atom stereocenters. The van der Waals surface area contributed by atoms with E-state index in [1.807, 2.05) is 58.0 Å². The van der Waals surface area contributed by atoms with E-state index in [2.05, 4.69) is 5.32 Å². The molecule has 0 radical (unpaired) electrons. The highest BCUT2D eigenvalue weighted by molar-refractivity contribution is 6.03. The third-order valence-electron chi connectivity index (χ3n) is 4.33. The zero-order valence-corrected chi connectivity index (χ0v) is 14.5. The molecule has 23 heavy (non-hydrogen) atoms. The molecule has 1 aliphatic carbocycles. The van der Waals surface area contributed by atoms with Gasteiger partial charge in [0, 0.05) is 0 Å². The molecular formula is C19H27NO3. The molecular weight excluding hydrogens is 290 g/mol. The first-order valence-electron chi connectivity index (χ1n) is 8.34. The van der Waals surface area contributed by atoms with E-state index in [1.165, 1.54) is 0 Å². The Morgan fingerprint density at radius 3 is 2.22 bits per heavy atom. The summed E-state index contributed by atoms with van der Waals surface area (Å²) in [6.45, 7) is 7.43. The Balaban J connectivity index is 2.14. The quantitative estimate of drug-likeness (QED) is 0.679. The summed E-state index contributed by atoms with van der Waals surface area (Å²) >= 11 is 0. The van der Waals surface area contributed by atoms with Crippen molar-refractivity contribution in [2.45, 2.75) is 65.0 Å². The standard InChI is InChI=1S/C19H27NO3/c1-14(15-10-6-5-7-11-15)20-16(21)19(12-8-9-13-19)17(22)23-18(2,3)4/h5-7,10-11,14H,8-9,12-13H2,1-4H3,(H,20,21). The Bertz CT molecular complexity index is 554. The number of esters is 1. The summed E-state index contributed by atoms with van der Waals surface area (Å²) in [5.41, 5.74) is -0.591. The number of amides is 1. The fourth-order valence-corrected chi connectivity index (χ4v) is 3.04. The SMILES string of the molecule is CC(NC(=O)C1(C(=O)OC(C)(C)C)CCCC1)c1ccccc1. The average Bonchev–Trinajstić information content (AvgIpc) is 2.97. The Kier molecular flexibility index (Phi) is 5.12. The lowest BCUT2D eigenvalue weighted by Gasteiger charge is -2.31. The molecule has 1 atom stereocenters. The van der Waals surface area contributed by atoms with Gasteiger partial charge in [0.25, 0.3) is 0 Å². The van der Waals surface area contributed by atoms with E-state index in [4.69, 9.17) is 4.74 Å². The summed E-state index contributed by atoms with van der Waals surface area (Å²) in [5, 5.41) is 3.01. The van der Waals surface area contributed by atoms with Gasteiger partial charge in [-0.15, -0.1) is 0 Å². The van der Waals surface area contributed by atoms with Crippen molar-refractivity contribution in [2.24, 2.45) is 5.41 Å². The maximum atomic E-state index is 12.9. The van der Waals surface area contributed by atoms with Crippen LogP contribution in [0.25, 0.3) is 0 Å². The van der Waals surface area contributed by atoms with Crippen molar-refractivity contribution in [2.75, 3.05) is 0 Å². The van der Waals surface area contributed by atoms with Crippen molar-refractivity contribution < 1.29 is 14.3 Å². The van der Waals surface area contributed by atoms with Crippen LogP contribution >= 0.6 is 0 Å². The van der Waals surface area contributed by atoms with E-state index >= 15 is 0 Å². The van der Waals surface area contributed by atoms with Gasteiger partial charge in [-0.2, -0.15) is 0 Å². The highest BCUT2D eigenvalue weighted by atomic mass is 16.6. The van der Waals surface area contributed by atoms with Crippen LogP contribution in [-0.4, -0.2) is 17.5 Å². The molecule has 1 N–H and O–H groups in total. The Labute approximate surface area is 138 Å². The lowest BCUT2D eigenvalue weighted by molar-refractivity contribution is -0.171. The van der Waals surface area contributed by atoms with Gasteiger partial charge in [-0.05, 0) is 46.1 Å². The molecule has 0 heterocycles. The van der Waals surface area contributed by atoms with Crippen LogP contribution in [0.2, 0.25) is 0 Å². The molecule has 4 heteroatoms. The summed E-state index contributed by atoms with van der Waals surface area (Å²) in [7, 11) is 0. The number of nitrogens with one attached hydrogen (secondary N) is 1. The Hall–Kier alpha value is -1.84. The van der Waals surface area contributed by atoms with Crippen molar-refractivity contribution >= 4 is 11.9 Å². The monoisotopic (exact) mass is 317 g/mol. The summed E-state index contributed by atoms with van der Waals surface area (Å²) < 4.78 is 5.53. The van der Waals surface area contributed by atoms with Crippen LogP contribution in [0, 0.1) is 5.41 Å². The van der Waals surface area contributed by atoms with Crippen LogP contribution < -0.4 is 5.32 Å². The summed E-state index contributed by atoms with van der Waals surface area (Å²) in [6.07, 6.45) is 2.89. The second kappa shape index (κ2) is 6.73. The maximum absolute atomic E-state index is 12.9. The fourth-order valence-electron chi connectivity index (χ4n) is 3.04. The van der Waals surface area contributed by atoms with Crippen LogP contribution in [-0.2, 0) is 14.3 Å². The molecule has 1 aromatic carbocycles. The van der Waals surface area contributed by atoms with Crippen LogP contribution in [0.4, 0.5) is 0 Å². The Morgan fingerprint density at radius 1 is 1.13 bits per heavy atom. The molecule has 0 spiro atoms. The second-order valence-electron chi connectivity index (χ2n) is 7.40. The van der Waals surface area contributed by atoms with E-state index in [9.17, 15) is 9.59 Å². The third-order valence-corrected chi connectivity index (χ3v) is 4.33. The molecule has 1 saturated carbocycles. The van der Waals surface area contributed by atoms with E-state index in [1.54, 1.807) is 0 Å². The predicted molar refractivity (Wildman–Crippen MR) is 89.7 cm³/mol. The van der Waals surface area contributed by atoms with Crippen molar-refractivity contribution in [3.05, 3.63) is 35.9 Å². The molecule has 126 valence electrons. The lowest BCUT2D eigenvalue weighted by Crippen LogP contribution is -2.48. The van der Waals surface area contributed by atoms with Crippen molar-refractivity contribution in [1.29, 1.82) is 0 Å².